The highest BCUT2D eigenvalue weighted by Gasteiger charge is 2.35. The number of thioether (sulfide) groups is 1. The number of hydrogen-bond acceptors (Lipinski definition) is 4. The number of anilines is 2. The summed E-state index contributed by atoms with van der Waals surface area (Å²) in [4.78, 5) is 39.4. The van der Waals surface area contributed by atoms with Gasteiger partial charge in [-0.1, -0.05) is 45.0 Å². The van der Waals surface area contributed by atoms with E-state index in [0.29, 0.717) is 28.6 Å². The van der Waals surface area contributed by atoms with Gasteiger partial charge in [0.05, 0.1) is 5.88 Å². The Balaban J connectivity index is 1.69. The molecule has 1 atom stereocenters. The summed E-state index contributed by atoms with van der Waals surface area (Å²) in [6, 6.07) is 15.4. The minimum absolute atomic E-state index is 0.104. The van der Waals surface area contributed by atoms with Crippen LogP contribution >= 0.6 is 11.8 Å². The van der Waals surface area contributed by atoms with Gasteiger partial charge in [0.25, 0.3) is 5.91 Å². The minimum Gasteiger partial charge on any atom is -0.326 e. The molecule has 1 saturated heterocycles. The summed E-state index contributed by atoms with van der Waals surface area (Å²) in [6.07, 6.45) is 0. The van der Waals surface area contributed by atoms with Gasteiger partial charge in [-0.15, -0.1) is 11.8 Å². The highest BCUT2D eigenvalue weighted by atomic mass is 32.2. The van der Waals surface area contributed by atoms with E-state index >= 15 is 0 Å². The van der Waals surface area contributed by atoms with Gasteiger partial charge in [0.15, 0.2) is 0 Å². The lowest BCUT2D eigenvalue weighted by atomic mass is 9.95. The van der Waals surface area contributed by atoms with Crippen molar-refractivity contribution in [3.05, 3.63) is 60.2 Å². The Bertz CT molecular complexity index is 909. The molecule has 0 spiro atoms. The van der Waals surface area contributed by atoms with Crippen molar-refractivity contribution in [2.24, 2.45) is 5.41 Å². The Morgan fingerprint density at radius 3 is 2.28 bits per heavy atom. The van der Waals surface area contributed by atoms with Gasteiger partial charge in [-0.05, 0) is 30.3 Å². The highest BCUT2D eigenvalue weighted by molar-refractivity contribution is 7.99. The van der Waals surface area contributed by atoms with E-state index in [4.69, 9.17) is 0 Å². The third kappa shape index (κ3) is 5.17. The van der Waals surface area contributed by atoms with E-state index in [9.17, 15) is 14.4 Å². The molecule has 2 aromatic carbocycles. The maximum absolute atomic E-state index is 12.8. The van der Waals surface area contributed by atoms with Crippen LogP contribution in [-0.4, -0.2) is 40.3 Å². The van der Waals surface area contributed by atoms with E-state index in [1.807, 2.05) is 39.0 Å². The summed E-state index contributed by atoms with van der Waals surface area (Å²) in [7, 11) is 0. The van der Waals surface area contributed by atoms with Crippen LogP contribution < -0.4 is 10.6 Å². The fourth-order valence-electron chi connectivity index (χ4n) is 2.83. The highest BCUT2D eigenvalue weighted by Crippen LogP contribution is 2.25. The summed E-state index contributed by atoms with van der Waals surface area (Å²) < 4.78 is 0. The van der Waals surface area contributed by atoms with Crippen LogP contribution in [-0.2, 0) is 9.59 Å². The van der Waals surface area contributed by atoms with Gasteiger partial charge < -0.3 is 15.5 Å². The van der Waals surface area contributed by atoms with Gasteiger partial charge in [0.2, 0.25) is 11.8 Å². The van der Waals surface area contributed by atoms with Gasteiger partial charge in [-0.2, -0.15) is 0 Å². The fraction of sp³-hybridized carbons (Fsp3) is 0.318. The van der Waals surface area contributed by atoms with E-state index in [1.165, 1.54) is 0 Å². The van der Waals surface area contributed by atoms with Crippen molar-refractivity contribution in [2.75, 3.05) is 22.3 Å². The zero-order valence-corrected chi connectivity index (χ0v) is 17.6. The Kier molecular flexibility index (Phi) is 6.27. The van der Waals surface area contributed by atoms with E-state index in [-0.39, 0.29) is 17.7 Å². The van der Waals surface area contributed by atoms with Crippen LogP contribution in [0.2, 0.25) is 0 Å². The largest absolute Gasteiger partial charge is 0.326 e. The first-order valence-electron chi connectivity index (χ1n) is 9.42. The van der Waals surface area contributed by atoms with Crippen LogP contribution in [0.1, 0.15) is 31.1 Å². The van der Waals surface area contributed by atoms with Crippen molar-refractivity contribution in [1.82, 2.24) is 4.90 Å². The molecule has 6 nitrogen and oxygen atoms in total. The molecule has 152 valence electrons. The lowest BCUT2D eigenvalue weighted by Crippen LogP contribution is -2.44. The lowest BCUT2D eigenvalue weighted by molar-refractivity contribution is -0.123. The molecule has 1 unspecified atom stereocenters. The molecule has 2 N–H and O–H groups in total. The Morgan fingerprint density at radius 1 is 0.966 bits per heavy atom. The smallest absolute Gasteiger partial charge is 0.255 e. The topological polar surface area (TPSA) is 78.5 Å². The molecule has 2 aromatic rings. The third-order valence-corrected chi connectivity index (χ3v) is 5.55. The average Bonchev–Trinajstić information content (AvgIpc) is 3.17. The first-order valence-corrected chi connectivity index (χ1v) is 10.6. The first-order chi connectivity index (χ1) is 13.8. The summed E-state index contributed by atoms with van der Waals surface area (Å²) in [5, 5.41) is 5.73. The average molecular weight is 412 g/mol. The quantitative estimate of drug-likeness (QED) is 0.802. The first kappa shape index (κ1) is 20.9. The number of rotatable bonds is 4. The van der Waals surface area contributed by atoms with E-state index < -0.39 is 11.5 Å². The molecule has 3 rings (SSSR count). The third-order valence-electron chi connectivity index (χ3n) is 4.54. The van der Waals surface area contributed by atoms with Crippen molar-refractivity contribution >= 4 is 40.9 Å². The van der Waals surface area contributed by atoms with Gasteiger partial charge in [-0.25, -0.2) is 0 Å². The fourth-order valence-corrected chi connectivity index (χ4v) is 3.98. The number of hydrogen-bond donors (Lipinski definition) is 2. The SMILES string of the molecule is CC(C)(C)C(=O)Nc1cccc(NC(=O)C2CSCN2C(=O)c2ccccc2)c1. The number of benzene rings is 2. The molecule has 0 aromatic heterocycles. The normalized spacial score (nSPS) is 16.4. The molecular formula is C22H25N3O3S. The maximum atomic E-state index is 12.8. The van der Waals surface area contributed by atoms with Crippen molar-refractivity contribution < 1.29 is 14.4 Å². The second kappa shape index (κ2) is 8.69. The van der Waals surface area contributed by atoms with Crippen LogP contribution in [0.5, 0.6) is 0 Å². The summed E-state index contributed by atoms with van der Waals surface area (Å²) >= 11 is 1.55. The van der Waals surface area contributed by atoms with Crippen molar-refractivity contribution in [2.45, 2.75) is 26.8 Å². The molecule has 0 bridgehead atoms. The van der Waals surface area contributed by atoms with Gasteiger partial charge in [0, 0.05) is 28.1 Å². The standard InChI is InChI=1S/C22H25N3O3S/c1-22(2,3)21(28)24-17-11-7-10-16(12-17)23-19(26)18-13-29-14-25(18)20(27)15-8-5-4-6-9-15/h4-12,18H,13-14H2,1-3H3,(H,23,26)(H,24,28). The molecule has 29 heavy (non-hydrogen) atoms. The zero-order valence-electron chi connectivity index (χ0n) is 16.8. The Hall–Kier alpha value is -2.80. The molecule has 1 aliphatic rings. The monoisotopic (exact) mass is 411 g/mol. The molecule has 1 aliphatic heterocycles. The molecule has 0 aliphatic carbocycles. The minimum atomic E-state index is -0.541. The molecule has 0 radical (unpaired) electrons. The predicted molar refractivity (Wildman–Crippen MR) is 117 cm³/mol. The van der Waals surface area contributed by atoms with Gasteiger partial charge >= 0.3 is 0 Å². The Morgan fingerprint density at radius 2 is 1.62 bits per heavy atom. The second-order valence-electron chi connectivity index (χ2n) is 7.93. The second-order valence-corrected chi connectivity index (χ2v) is 8.93. The number of nitrogens with one attached hydrogen (secondary N) is 2. The van der Waals surface area contributed by atoms with Gasteiger partial charge in [-0.3, -0.25) is 14.4 Å². The molecule has 1 heterocycles. The number of nitrogens with zero attached hydrogens (tertiary/aromatic N) is 1. The zero-order chi connectivity index (χ0) is 21.0. The van der Waals surface area contributed by atoms with Crippen LogP contribution in [0.4, 0.5) is 11.4 Å². The summed E-state index contributed by atoms with van der Waals surface area (Å²) in [6.45, 7) is 5.51. The van der Waals surface area contributed by atoms with E-state index in [1.54, 1.807) is 53.1 Å². The van der Waals surface area contributed by atoms with Crippen LogP contribution in [0.25, 0.3) is 0 Å². The maximum Gasteiger partial charge on any atom is 0.255 e. The molecule has 0 saturated carbocycles. The number of amides is 3. The predicted octanol–water partition coefficient (Wildman–Crippen LogP) is 3.83. The summed E-state index contributed by atoms with van der Waals surface area (Å²) in [5.41, 5.74) is 1.24. The van der Waals surface area contributed by atoms with E-state index in [0.717, 1.165) is 0 Å². The van der Waals surface area contributed by atoms with Crippen LogP contribution in [0.15, 0.2) is 54.6 Å². The van der Waals surface area contributed by atoms with Crippen molar-refractivity contribution in [1.29, 1.82) is 0 Å². The number of carbonyl (C=O) groups is 3. The molecule has 3 amide bonds. The molecule has 7 heteroatoms. The van der Waals surface area contributed by atoms with Crippen LogP contribution in [0, 0.1) is 5.41 Å². The molecular weight excluding hydrogens is 386 g/mol. The summed E-state index contributed by atoms with van der Waals surface area (Å²) in [5.74, 6) is 0.534. The van der Waals surface area contributed by atoms with Crippen molar-refractivity contribution in [3.63, 3.8) is 0 Å². The molecule has 1 fully saturated rings. The Labute approximate surface area is 175 Å². The van der Waals surface area contributed by atoms with E-state index in [2.05, 4.69) is 10.6 Å². The number of carbonyl (C=O) groups excluding carboxylic acids is 3. The van der Waals surface area contributed by atoms with Gasteiger partial charge in [0.1, 0.15) is 6.04 Å². The van der Waals surface area contributed by atoms with Crippen molar-refractivity contribution in [3.8, 4) is 0 Å². The van der Waals surface area contributed by atoms with Crippen LogP contribution in [0.3, 0.4) is 0 Å². The lowest BCUT2D eigenvalue weighted by Gasteiger charge is -2.23.